The molecule has 0 fully saturated rings. The maximum Gasteiger partial charge on any atom is 0.201 e. The summed E-state index contributed by atoms with van der Waals surface area (Å²) >= 11 is 5.94. The third kappa shape index (κ3) is 2.59. The van der Waals surface area contributed by atoms with Crippen molar-refractivity contribution >= 4 is 38.4 Å². The molecule has 1 atom stereocenters. The van der Waals surface area contributed by atoms with Crippen LogP contribution in [0.25, 0.3) is 11.0 Å². The molecule has 18 heavy (non-hydrogen) atoms. The summed E-state index contributed by atoms with van der Waals surface area (Å²) in [4.78, 5) is 4.19. The predicted octanol–water partition coefficient (Wildman–Crippen LogP) is 1.88. The second-order valence-corrected chi connectivity index (χ2v) is 7.04. The van der Waals surface area contributed by atoms with Gasteiger partial charge in [-0.1, -0.05) is 11.6 Å². The van der Waals surface area contributed by atoms with Crippen LogP contribution in [0.1, 0.15) is 13.0 Å². The molecule has 0 radical (unpaired) electrons. The number of hydrogen-bond acceptors (Lipinski definition) is 4. The lowest BCUT2D eigenvalue weighted by Crippen LogP contribution is -2.18. The topological polar surface area (TPSA) is 78.0 Å². The number of fused-ring (bicyclic) bond motifs is 1. The Kier molecular flexibility index (Phi) is 3.25. The van der Waals surface area contributed by atoms with Gasteiger partial charge < -0.3 is 10.3 Å². The molecule has 1 heterocycles. The van der Waals surface area contributed by atoms with Crippen molar-refractivity contribution < 1.29 is 8.42 Å². The van der Waals surface area contributed by atoms with E-state index in [1.54, 1.807) is 29.7 Å². The monoisotopic (exact) mass is 287 g/mol. The zero-order chi connectivity index (χ0) is 13.5. The highest BCUT2D eigenvalue weighted by Crippen LogP contribution is 2.26. The quantitative estimate of drug-likeness (QED) is 0.935. The Labute approximate surface area is 110 Å². The van der Waals surface area contributed by atoms with Gasteiger partial charge in [0.1, 0.15) is 9.84 Å². The molecule has 0 spiro atoms. The zero-order valence-corrected chi connectivity index (χ0v) is 11.7. The second-order valence-electron chi connectivity index (χ2n) is 4.41. The van der Waals surface area contributed by atoms with Crippen LogP contribution in [-0.4, -0.2) is 30.0 Å². The van der Waals surface area contributed by atoms with E-state index in [9.17, 15) is 8.42 Å². The summed E-state index contributed by atoms with van der Waals surface area (Å²) in [5.74, 6) is 0.304. The van der Waals surface area contributed by atoms with E-state index in [4.69, 9.17) is 17.3 Å². The highest BCUT2D eigenvalue weighted by atomic mass is 35.5. The summed E-state index contributed by atoms with van der Waals surface area (Å²) in [5.41, 5.74) is 7.29. The van der Waals surface area contributed by atoms with Crippen molar-refractivity contribution in [1.29, 1.82) is 0 Å². The Morgan fingerprint density at radius 3 is 2.78 bits per heavy atom. The van der Waals surface area contributed by atoms with Crippen LogP contribution in [0.5, 0.6) is 0 Å². The van der Waals surface area contributed by atoms with E-state index in [0.29, 0.717) is 16.5 Å². The first-order chi connectivity index (χ1) is 8.28. The van der Waals surface area contributed by atoms with Gasteiger partial charge in [-0.15, -0.1) is 0 Å². The van der Waals surface area contributed by atoms with Gasteiger partial charge in [0.2, 0.25) is 5.95 Å². The van der Waals surface area contributed by atoms with E-state index in [0.717, 1.165) is 5.52 Å². The summed E-state index contributed by atoms with van der Waals surface area (Å²) in [6.07, 6.45) is 1.20. The normalized spacial score (nSPS) is 13.9. The van der Waals surface area contributed by atoms with E-state index in [-0.39, 0.29) is 11.8 Å². The summed E-state index contributed by atoms with van der Waals surface area (Å²) < 4.78 is 24.4. The minimum atomic E-state index is -3.08. The Morgan fingerprint density at radius 2 is 2.17 bits per heavy atom. The molecule has 2 aromatic rings. The summed E-state index contributed by atoms with van der Waals surface area (Å²) in [6.45, 7) is 1.79. The number of benzene rings is 1. The lowest BCUT2D eigenvalue weighted by Gasteiger charge is -2.14. The molecule has 7 heteroatoms. The molecule has 0 amide bonds. The van der Waals surface area contributed by atoms with Gasteiger partial charge in [0.15, 0.2) is 0 Å². The van der Waals surface area contributed by atoms with Crippen LogP contribution in [0.15, 0.2) is 18.2 Å². The Bertz CT molecular complexity index is 694. The van der Waals surface area contributed by atoms with Crippen LogP contribution in [-0.2, 0) is 9.84 Å². The smallest absolute Gasteiger partial charge is 0.201 e. The van der Waals surface area contributed by atoms with Gasteiger partial charge in [-0.3, -0.25) is 0 Å². The van der Waals surface area contributed by atoms with Crippen LogP contribution in [0.3, 0.4) is 0 Å². The SMILES string of the molecule is CC(CS(C)(=O)=O)n1c(N)nc2ccc(Cl)cc21. The van der Waals surface area contributed by atoms with Crippen molar-refractivity contribution in [3.8, 4) is 0 Å². The number of rotatable bonds is 3. The summed E-state index contributed by atoms with van der Waals surface area (Å²) in [6, 6.07) is 4.93. The average Bonchev–Trinajstić information content (AvgIpc) is 2.50. The molecule has 0 aliphatic heterocycles. The molecule has 98 valence electrons. The number of nitrogen functional groups attached to an aromatic ring is 1. The molecule has 0 saturated carbocycles. The molecule has 2 N–H and O–H groups in total. The van der Waals surface area contributed by atoms with Gasteiger partial charge in [0.25, 0.3) is 0 Å². The van der Waals surface area contributed by atoms with Gasteiger partial charge >= 0.3 is 0 Å². The number of hydrogen-bond donors (Lipinski definition) is 1. The van der Waals surface area contributed by atoms with Gasteiger partial charge in [-0.25, -0.2) is 13.4 Å². The van der Waals surface area contributed by atoms with Crippen molar-refractivity contribution in [2.75, 3.05) is 17.7 Å². The number of sulfone groups is 1. The minimum Gasteiger partial charge on any atom is -0.369 e. The highest BCUT2D eigenvalue weighted by molar-refractivity contribution is 7.90. The van der Waals surface area contributed by atoms with E-state index < -0.39 is 9.84 Å². The number of halogens is 1. The molecule has 1 unspecified atom stereocenters. The fourth-order valence-corrected chi connectivity index (χ4v) is 3.25. The predicted molar refractivity (Wildman–Crippen MR) is 73.6 cm³/mol. The third-order valence-electron chi connectivity index (χ3n) is 2.66. The second kappa shape index (κ2) is 4.44. The van der Waals surface area contributed by atoms with Gasteiger partial charge in [-0.2, -0.15) is 0 Å². The van der Waals surface area contributed by atoms with Crippen molar-refractivity contribution in [3.05, 3.63) is 23.2 Å². The number of nitrogens with zero attached hydrogens (tertiary/aromatic N) is 2. The first-order valence-corrected chi connectivity index (χ1v) is 7.82. The number of aromatic nitrogens is 2. The number of nitrogens with two attached hydrogens (primary N) is 1. The van der Waals surface area contributed by atoms with Crippen molar-refractivity contribution in [3.63, 3.8) is 0 Å². The largest absolute Gasteiger partial charge is 0.369 e. The van der Waals surface area contributed by atoms with E-state index in [2.05, 4.69) is 4.98 Å². The Morgan fingerprint density at radius 1 is 1.50 bits per heavy atom. The Hall–Kier alpha value is -1.27. The fraction of sp³-hybridized carbons (Fsp3) is 0.364. The first-order valence-electron chi connectivity index (χ1n) is 5.38. The zero-order valence-electron chi connectivity index (χ0n) is 10.1. The molecule has 0 bridgehead atoms. The third-order valence-corrected chi connectivity index (χ3v) is 3.99. The number of imidazole rings is 1. The van der Waals surface area contributed by atoms with Gasteiger partial charge in [0, 0.05) is 17.3 Å². The first kappa shape index (κ1) is 13.2. The Balaban J connectivity index is 2.56. The lowest BCUT2D eigenvalue weighted by atomic mass is 10.3. The van der Waals surface area contributed by atoms with Crippen molar-refractivity contribution in [2.45, 2.75) is 13.0 Å². The van der Waals surface area contributed by atoms with Crippen LogP contribution in [0.4, 0.5) is 5.95 Å². The molecule has 1 aromatic heterocycles. The molecule has 5 nitrogen and oxygen atoms in total. The van der Waals surface area contributed by atoms with Gasteiger partial charge in [0.05, 0.1) is 16.8 Å². The minimum absolute atomic E-state index is 0.00910. The highest BCUT2D eigenvalue weighted by Gasteiger charge is 2.18. The van der Waals surface area contributed by atoms with Crippen molar-refractivity contribution in [2.24, 2.45) is 0 Å². The molecule has 0 aliphatic rings. The van der Waals surface area contributed by atoms with E-state index >= 15 is 0 Å². The molecule has 2 rings (SSSR count). The van der Waals surface area contributed by atoms with Crippen molar-refractivity contribution in [1.82, 2.24) is 9.55 Å². The molecule has 1 aromatic carbocycles. The fourth-order valence-electron chi connectivity index (χ4n) is 2.06. The van der Waals surface area contributed by atoms with Crippen LogP contribution >= 0.6 is 11.6 Å². The molecule has 0 aliphatic carbocycles. The van der Waals surface area contributed by atoms with Gasteiger partial charge in [-0.05, 0) is 25.1 Å². The van der Waals surface area contributed by atoms with E-state index in [1.807, 2.05) is 0 Å². The van der Waals surface area contributed by atoms with Crippen LogP contribution in [0, 0.1) is 0 Å². The summed E-state index contributed by atoms with van der Waals surface area (Å²) in [5, 5.41) is 0.565. The number of anilines is 1. The maximum atomic E-state index is 11.4. The summed E-state index contributed by atoms with van der Waals surface area (Å²) in [7, 11) is -3.08. The average molecular weight is 288 g/mol. The van der Waals surface area contributed by atoms with Crippen LogP contribution in [0.2, 0.25) is 5.02 Å². The molecular formula is C11H14ClN3O2S. The lowest BCUT2D eigenvalue weighted by molar-refractivity contribution is 0.571. The molecule has 0 saturated heterocycles. The van der Waals surface area contributed by atoms with E-state index in [1.165, 1.54) is 6.26 Å². The maximum absolute atomic E-state index is 11.4. The standard InChI is InChI=1S/C11H14ClN3O2S/c1-7(6-18(2,16)17)15-10-5-8(12)3-4-9(10)14-11(15)13/h3-5,7H,6H2,1-2H3,(H2,13,14). The van der Waals surface area contributed by atoms with Crippen LogP contribution < -0.4 is 5.73 Å². The molecular weight excluding hydrogens is 274 g/mol.